The van der Waals surface area contributed by atoms with Crippen molar-refractivity contribution >= 4 is 5.69 Å². The minimum atomic E-state index is 0.571. The van der Waals surface area contributed by atoms with E-state index in [1.165, 1.54) is 24.9 Å². The molecule has 0 aliphatic carbocycles. The molecular weight excluding hydrogens is 240 g/mol. The molecule has 3 rings (SSSR count). The van der Waals surface area contributed by atoms with Crippen LogP contribution in [0, 0.1) is 0 Å². The van der Waals surface area contributed by atoms with E-state index in [4.69, 9.17) is 15.2 Å². The van der Waals surface area contributed by atoms with Crippen LogP contribution >= 0.6 is 0 Å². The van der Waals surface area contributed by atoms with Gasteiger partial charge in [0.2, 0.25) is 0 Å². The molecule has 0 aromatic heterocycles. The van der Waals surface area contributed by atoms with Gasteiger partial charge in [0.25, 0.3) is 0 Å². The summed E-state index contributed by atoms with van der Waals surface area (Å²) in [6, 6.07) is 6.85. The van der Waals surface area contributed by atoms with E-state index in [1.54, 1.807) is 0 Å². The molecule has 104 valence electrons. The standard InChI is InChI=1S/C15H22N2O2/c16-7-6-12-3-1-2-8-17(12)13-4-5-14-15(11-13)19-10-9-18-14/h4-5,11-12H,1-3,6-10,16H2. The SMILES string of the molecule is NCCC1CCCCN1c1ccc2c(c1)OCCO2. The van der Waals surface area contributed by atoms with Gasteiger partial charge in [0, 0.05) is 24.3 Å². The van der Waals surface area contributed by atoms with Crippen molar-refractivity contribution in [2.75, 3.05) is 31.2 Å². The Morgan fingerprint density at radius 3 is 2.84 bits per heavy atom. The fourth-order valence-corrected chi connectivity index (χ4v) is 3.04. The maximum absolute atomic E-state index is 5.74. The van der Waals surface area contributed by atoms with E-state index in [0.717, 1.165) is 31.0 Å². The van der Waals surface area contributed by atoms with Crippen molar-refractivity contribution in [3.63, 3.8) is 0 Å². The summed E-state index contributed by atoms with van der Waals surface area (Å²) < 4.78 is 11.3. The molecule has 1 atom stereocenters. The first-order valence-electron chi connectivity index (χ1n) is 7.25. The summed E-state index contributed by atoms with van der Waals surface area (Å²) in [6.07, 6.45) is 4.88. The number of benzene rings is 1. The Balaban J connectivity index is 1.83. The largest absolute Gasteiger partial charge is 0.486 e. The molecule has 1 fully saturated rings. The van der Waals surface area contributed by atoms with Crippen molar-refractivity contribution in [3.05, 3.63) is 18.2 Å². The maximum atomic E-state index is 5.74. The van der Waals surface area contributed by atoms with Crippen LogP contribution in [0.2, 0.25) is 0 Å². The van der Waals surface area contributed by atoms with Crippen molar-refractivity contribution < 1.29 is 9.47 Å². The highest BCUT2D eigenvalue weighted by Gasteiger charge is 2.23. The molecule has 4 nitrogen and oxygen atoms in total. The number of ether oxygens (including phenoxy) is 2. The van der Waals surface area contributed by atoms with E-state index >= 15 is 0 Å². The Morgan fingerprint density at radius 2 is 2.00 bits per heavy atom. The zero-order valence-corrected chi connectivity index (χ0v) is 11.3. The number of rotatable bonds is 3. The number of piperidine rings is 1. The maximum Gasteiger partial charge on any atom is 0.163 e. The van der Waals surface area contributed by atoms with Gasteiger partial charge in [-0.15, -0.1) is 0 Å². The van der Waals surface area contributed by atoms with Gasteiger partial charge in [-0.2, -0.15) is 0 Å². The fraction of sp³-hybridized carbons (Fsp3) is 0.600. The monoisotopic (exact) mass is 262 g/mol. The minimum Gasteiger partial charge on any atom is -0.486 e. The van der Waals surface area contributed by atoms with Crippen LogP contribution in [0.15, 0.2) is 18.2 Å². The summed E-state index contributed by atoms with van der Waals surface area (Å²) in [5, 5.41) is 0. The molecule has 1 unspecified atom stereocenters. The Kier molecular flexibility index (Phi) is 3.78. The quantitative estimate of drug-likeness (QED) is 0.907. The van der Waals surface area contributed by atoms with E-state index in [1.807, 2.05) is 6.07 Å². The first-order valence-corrected chi connectivity index (χ1v) is 7.25. The van der Waals surface area contributed by atoms with Crippen molar-refractivity contribution in [1.82, 2.24) is 0 Å². The van der Waals surface area contributed by atoms with Crippen LogP contribution < -0.4 is 20.1 Å². The molecule has 19 heavy (non-hydrogen) atoms. The molecule has 0 saturated carbocycles. The predicted octanol–water partition coefficient (Wildman–Crippen LogP) is 2.17. The molecule has 0 radical (unpaired) electrons. The van der Waals surface area contributed by atoms with Crippen LogP contribution in [0.3, 0.4) is 0 Å². The average Bonchev–Trinajstić information content (AvgIpc) is 2.48. The van der Waals surface area contributed by atoms with Gasteiger partial charge < -0.3 is 20.1 Å². The van der Waals surface area contributed by atoms with Crippen LogP contribution in [-0.4, -0.2) is 32.3 Å². The smallest absolute Gasteiger partial charge is 0.163 e. The van der Waals surface area contributed by atoms with Gasteiger partial charge in [-0.1, -0.05) is 0 Å². The third-order valence-electron chi connectivity index (χ3n) is 3.98. The Hall–Kier alpha value is -1.42. The highest BCUT2D eigenvalue weighted by atomic mass is 16.6. The Morgan fingerprint density at radius 1 is 1.16 bits per heavy atom. The van der Waals surface area contributed by atoms with Crippen LogP contribution in [0.25, 0.3) is 0 Å². The molecule has 0 spiro atoms. The second-order valence-electron chi connectivity index (χ2n) is 5.25. The summed E-state index contributed by atoms with van der Waals surface area (Å²) in [5.41, 5.74) is 6.98. The van der Waals surface area contributed by atoms with Gasteiger partial charge in [-0.3, -0.25) is 0 Å². The molecule has 0 amide bonds. The molecule has 2 heterocycles. The lowest BCUT2D eigenvalue weighted by molar-refractivity contribution is 0.171. The van der Waals surface area contributed by atoms with Crippen LogP contribution in [-0.2, 0) is 0 Å². The second kappa shape index (κ2) is 5.70. The van der Waals surface area contributed by atoms with Crippen LogP contribution in [0.1, 0.15) is 25.7 Å². The van der Waals surface area contributed by atoms with Crippen molar-refractivity contribution in [1.29, 1.82) is 0 Å². The lowest BCUT2D eigenvalue weighted by atomic mass is 9.98. The summed E-state index contributed by atoms with van der Waals surface area (Å²) in [7, 11) is 0. The lowest BCUT2D eigenvalue weighted by Gasteiger charge is -2.38. The van der Waals surface area contributed by atoms with Crippen molar-refractivity contribution in [2.45, 2.75) is 31.7 Å². The number of fused-ring (bicyclic) bond motifs is 1. The average molecular weight is 262 g/mol. The molecule has 0 bridgehead atoms. The zero-order chi connectivity index (χ0) is 13.1. The Bertz CT molecular complexity index is 434. The predicted molar refractivity (Wildman–Crippen MR) is 76.1 cm³/mol. The molecular formula is C15H22N2O2. The van der Waals surface area contributed by atoms with E-state index < -0.39 is 0 Å². The van der Waals surface area contributed by atoms with Crippen molar-refractivity contribution in [3.8, 4) is 11.5 Å². The highest BCUT2D eigenvalue weighted by Crippen LogP contribution is 2.36. The number of hydrogen-bond donors (Lipinski definition) is 1. The molecule has 2 N–H and O–H groups in total. The van der Waals surface area contributed by atoms with Crippen LogP contribution in [0.5, 0.6) is 11.5 Å². The summed E-state index contributed by atoms with van der Waals surface area (Å²) in [4.78, 5) is 2.48. The van der Waals surface area contributed by atoms with Gasteiger partial charge in [-0.25, -0.2) is 0 Å². The normalized spacial score (nSPS) is 22.4. The molecule has 4 heteroatoms. The molecule has 1 aromatic rings. The molecule has 2 aliphatic rings. The highest BCUT2D eigenvalue weighted by molar-refractivity contribution is 5.57. The van der Waals surface area contributed by atoms with Gasteiger partial charge in [0.05, 0.1) is 0 Å². The van der Waals surface area contributed by atoms with Gasteiger partial charge in [0.15, 0.2) is 11.5 Å². The van der Waals surface area contributed by atoms with E-state index in [9.17, 15) is 0 Å². The molecule has 1 aromatic carbocycles. The van der Waals surface area contributed by atoms with E-state index in [2.05, 4.69) is 17.0 Å². The minimum absolute atomic E-state index is 0.571. The van der Waals surface area contributed by atoms with Crippen molar-refractivity contribution in [2.24, 2.45) is 5.73 Å². The van der Waals surface area contributed by atoms with E-state index in [0.29, 0.717) is 19.3 Å². The Labute approximate surface area is 114 Å². The number of nitrogens with zero attached hydrogens (tertiary/aromatic N) is 1. The third kappa shape index (κ3) is 2.63. The number of anilines is 1. The van der Waals surface area contributed by atoms with Gasteiger partial charge in [-0.05, 0) is 44.4 Å². The third-order valence-corrected chi connectivity index (χ3v) is 3.98. The first-order chi connectivity index (χ1) is 9.38. The fourth-order valence-electron chi connectivity index (χ4n) is 3.04. The van der Waals surface area contributed by atoms with Crippen LogP contribution in [0.4, 0.5) is 5.69 Å². The second-order valence-corrected chi connectivity index (χ2v) is 5.25. The lowest BCUT2D eigenvalue weighted by Crippen LogP contribution is -2.40. The summed E-state index contributed by atoms with van der Waals surface area (Å²) in [6.45, 7) is 3.16. The molecule has 1 saturated heterocycles. The number of hydrogen-bond acceptors (Lipinski definition) is 4. The topological polar surface area (TPSA) is 47.7 Å². The van der Waals surface area contributed by atoms with Gasteiger partial charge >= 0.3 is 0 Å². The first kappa shape index (κ1) is 12.6. The molecule has 2 aliphatic heterocycles. The number of nitrogens with two attached hydrogens (primary N) is 1. The van der Waals surface area contributed by atoms with E-state index in [-0.39, 0.29) is 0 Å². The summed E-state index contributed by atoms with van der Waals surface area (Å²) in [5.74, 6) is 1.74. The zero-order valence-electron chi connectivity index (χ0n) is 11.3. The van der Waals surface area contributed by atoms with Gasteiger partial charge in [0.1, 0.15) is 13.2 Å². The summed E-state index contributed by atoms with van der Waals surface area (Å²) >= 11 is 0.